The van der Waals surface area contributed by atoms with Gasteiger partial charge in [-0.3, -0.25) is 0 Å². The number of hydrogen-bond donors (Lipinski definition) is 0. The SMILES string of the molecule is CN(CC1CCCOC1)S(=O)(=O)c1ccc(F)c(C#N)c1. The molecule has 0 bridgehead atoms. The lowest BCUT2D eigenvalue weighted by Crippen LogP contribution is -2.35. The second kappa shape index (κ2) is 6.52. The summed E-state index contributed by atoms with van der Waals surface area (Å²) in [5.74, 6) is -0.561. The predicted octanol–water partition coefficient (Wildman–Crippen LogP) is 1.74. The molecule has 0 aromatic heterocycles. The topological polar surface area (TPSA) is 70.4 Å². The molecule has 21 heavy (non-hydrogen) atoms. The van der Waals surface area contributed by atoms with E-state index >= 15 is 0 Å². The average molecular weight is 312 g/mol. The first-order valence-corrected chi connectivity index (χ1v) is 8.13. The van der Waals surface area contributed by atoms with Gasteiger partial charge in [0.15, 0.2) is 0 Å². The summed E-state index contributed by atoms with van der Waals surface area (Å²) in [6.45, 7) is 1.62. The Labute approximate surface area is 124 Å². The molecule has 114 valence electrons. The molecule has 0 radical (unpaired) electrons. The van der Waals surface area contributed by atoms with Gasteiger partial charge in [0.05, 0.1) is 17.1 Å². The van der Waals surface area contributed by atoms with Gasteiger partial charge in [-0.15, -0.1) is 0 Å². The molecule has 1 heterocycles. The van der Waals surface area contributed by atoms with Crippen molar-refractivity contribution in [2.45, 2.75) is 17.7 Å². The summed E-state index contributed by atoms with van der Waals surface area (Å²) < 4.78 is 44.7. The second-order valence-electron chi connectivity index (χ2n) is 5.12. The minimum Gasteiger partial charge on any atom is -0.381 e. The highest BCUT2D eigenvalue weighted by atomic mass is 32.2. The van der Waals surface area contributed by atoms with Crippen LogP contribution in [0.1, 0.15) is 18.4 Å². The van der Waals surface area contributed by atoms with Crippen LogP contribution in [0.15, 0.2) is 23.1 Å². The number of nitriles is 1. The van der Waals surface area contributed by atoms with Gasteiger partial charge in [0, 0.05) is 20.2 Å². The molecular formula is C14H17FN2O3S. The lowest BCUT2D eigenvalue weighted by atomic mass is 10.0. The quantitative estimate of drug-likeness (QED) is 0.849. The van der Waals surface area contributed by atoms with E-state index in [9.17, 15) is 12.8 Å². The third-order valence-corrected chi connectivity index (χ3v) is 5.36. The normalized spacial score (nSPS) is 19.4. The van der Waals surface area contributed by atoms with Crippen LogP contribution in [0.5, 0.6) is 0 Å². The zero-order valence-corrected chi connectivity index (χ0v) is 12.6. The van der Waals surface area contributed by atoms with Crippen molar-refractivity contribution >= 4 is 10.0 Å². The van der Waals surface area contributed by atoms with Crippen LogP contribution in [0.3, 0.4) is 0 Å². The number of nitrogens with zero attached hydrogens (tertiary/aromatic N) is 2. The minimum atomic E-state index is -3.73. The number of hydrogen-bond acceptors (Lipinski definition) is 4. The summed E-state index contributed by atoms with van der Waals surface area (Å²) >= 11 is 0. The monoisotopic (exact) mass is 312 g/mol. The molecule has 7 heteroatoms. The molecule has 1 fully saturated rings. The second-order valence-corrected chi connectivity index (χ2v) is 7.17. The van der Waals surface area contributed by atoms with Gasteiger partial charge >= 0.3 is 0 Å². The van der Waals surface area contributed by atoms with Crippen LogP contribution in [0.4, 0.5) is 4.39 Å². The van der Waals surface area contributed by atoms with Gasteiger partial charge in [-0.25, -0.2) is 17.1 Å². The molecule has 1 aromatic carbocycles. The molecule has 1 saturated heterocycles. The van der Waals surface area contributed by atoms with E-state index in [4.69, 9.17) is 10.00 Å². The van der Waals surface area contributed by atoms with Crippen LogP contribution in [0.25, 0.3) is 0 Å². The van der Waals surface area contributed by atoms with E-state index in [1.807, 2.05) is 0 Å². The molecule has 5 nitrogen and oxygen atoms in total. The Morgan fingerprint density at radius 3 is 2.90 bits per heavy atom. The molecule has 0 aliphatic carbocycles. The maximum atomic E-state index is 13.3. The largest absolute Gasteiger partial charge is 0.381 e. The molecular weight excluding hydrogens is 295 g/mol. The van der Waals surface area contributed by atoms with Crippen molar-refractivity contribution in [3.05, 3.63) is 29.6 Å². The molecule has 1 aromatic rings. The smallest absolute Gasteiger partial charge is 0.242 e. The molecule has 0 N–H and O–H groups in total. The molecule has 1 unspecified atom stereocenters. The number of sulfonamides is 1. The zero-order valence-electron chi connectivity index (χ0n) is 11.8. The van der Waals surface area contributed by atoms with Crippen molar-refractivity contribution in [1.82, 2.24) is 4.31 Å². The summed E-state index contributed by atoms with van der Waals surface area (Å²) in [5, 5.41) is 8.79. The van der Waals surface area contributed by atoms with Crippen molar-refractivity contribution < 1.29 is 17.5 Å². The highest BCUT2D eigenvalue weighted by Crippen LogP contribution is 2.21. The summed E-state index contributed by atoms with van der Waals surface area (Å²) in [7, 11) is -2.24. The third-order valence-electron chi connectivity index (χ3n) is 3.54. The maximum absolute atomic E-state index is 13.3. The van der Waals surface area contributed by atoms with E-state index in [-0.39, 0.29) is 16.4 Å². The van der Waals surface area contributed by atoms with E-state index in [1.54, 1.807) is 6.07 Å². The van der Waals surface area contributed by atoms with Gasteiger partial charge in [0.2, 0.25) is 10.0 Å². The molecule has 1 atom stereocenters. The van der Waals surface area contributed by atoms with Gasteiger partial charge in [-0.1, -0.05) is 0 Å². The van der Waals surface area contributed by atoms with Gasteiger partial charge in [0.1, 0.15) is 11.9 Å². The Hall–Kier alpha value is -1.49. The summed E-state index contributed by atoms with van der Waals surface area (Å²) in [4.78, 5) is -0.0697. The molecule has 0 amide bonds. The Morgan fingerprint density at radius 1 is 1.52 bits per heavy atom. The van der Waals surface area contributed by atoms with Crippen LogP contribution < -0.4 is 0 Å². The Kier molecular flexibility index (Phi) is 4.93. The average Bonchev–Trinajstić information content (AvgIpc) is 2.48. The fraction of sp³-hybridized carbons (Fsp3) is 0.500. The summed E-state index contributed by atoms with van der Waals surface area (Å²) in [6.07, 6.45) is 1.85. The molecule has 1 aliphatic heterocycles. The number of ether oxygens (including phenoxy) is 1. The standard InChI is InChI=1S/C14H17FN2O3S/c1-17(9-11-3-2-6-20-10-11)21(18,19)13-4-5-14(15)12(7-13)8-16/h4-5,7,11H,2-3,6,9-10H2,1H3. The highest BCUT2D eigenvalue weighted by molar-refractivity contribution is 7.89. The molecule has 2 rings (SSSR count). The number of benzene rings is 1. The van der Waals surface area contributed by atoms with Crippen molar-refractivity contribution in [3.8, 4) is 6.07 Å². The van der Waals surface area contributed by atoms with Crippen molar-refractivity contribution in [3.63, 3.8) is 0 Å². The first-order valence-electron chi connectivity index (χ1n) is 6.69. The summed E-state index contributed by atoms with van der Waals surface area (Å²) in [6, 6.07) is 4.90. The predicted molar refractivity (Wildman–Crippen MR) is 74.5 cm³/mol. The van der Waals surface area contributed by atoms with E-state index < -0.39 is 15.8 Å². The number of rotatable bonds is 4. The highest BCUT2D eigenvalue weighted by Gasteiger charge is 2.25. The minimum absolute atomic E-state index is 0.0697. The molecule has 0 saturated carbocycles. The fourth-order valence-electron chi connectivity index (χ4n) is 2.34. The number of halogens is 1. The fourth-order valence-corrected chi connectivity index (χ4v) is 3.62. The summed E-state index contributed by atoms with van der Waals surface area (Å²) in [5.41, 5.74) is -0.273. The van der Waals surface area contributed by atoms with Crippen molar-refractivity contribution in [2.75, 3.05) is 26.8 Å². The van der Waals surface area contributed by atoms with Gasteiger partial charge in [-0.2, -0.15) is 5.26 Å². The van der Waals surface area contributed by atoms with Crippen LogP contribution >= 0.6 is 0 Å². The zero-order chi connectivity index (χ0) is 15.5. The van der Waals surface area contributed by atoms with E-state index in [0.29, 0.717) is 13.2 Å². The Bertz CT molecular complexity index is 649. The van der Waals surface area contributed by atoms with E-state index in [0.717, 1.165) is 31.6 Å². The Morgan fingerprint density at radius 2 is 2.29 bits per heavy atom. The van der Waals surface area contributed by atoms with Crippen molar-refractivity contribution in [1.29, 1.82) is 5.26 Å². The molecule has 0 spiro atoms. The Balaban J connectivity index is 2.18. The molecule has 1 aliphatic rings. The van der Waals surface area contributed by atoms with Crippen LogP contribution in [0.2, 0.25) is 0 Å². The van der Waals surface area contributed by atoms with Crippen LogP contribution in [-0.4, -0.2) is 39.5 Å². The van der Waals surface area contributed by atoms with E-state index in [1.165, 1.54) is 17.4 Å². The van der Waals surface area contributed by atoms with Gasteiger partial charge in [-0.05, 0) is 37.0 Å². The lowest BCUT2D eigenvalue weighted by Gasteiger charge is -2.26. The van der Waals surface area contributed by atoms with Gasteiger partial charge < -0.3 is 4.74 Å². The first-order chi connectivity index (χ1) is 9.95. The first kappa shape index (κ1) is 15.9. The van der Waals surface area contributed by atoms with Crippen molar-refractivity contribution in [2.24, 2.45) is 5.92 Å². The van der Waals surface area contributed by atoms with Crippen LogP contribution in [0, 0.1) is 23.1 Å². The van der Waals surface area contributed by atoms with E-state index in [2.05, 4.69) is 0 Å². The third kappa shape index (κ3) is 3.59. The van der Waals surface area contributed by atoms with Crippen LogP contribution in [-0.2, 0) is 14.8 Å². The maximum Gasteiger partial charge on any atom is 0.242 e. The van der Waals surface area contributed by atoms with Gasteiger partial charge in [0.25, 0.3) is 0 Å². The lowest BCUT2D eigenvalue weighted by molar-refractivity contribution is 0.0495.